The Hall–Kier alpha value is -2.28. The van der Waals surface area contributed by atoms with Crippen LogP contribution in [0.2, 0.25) is 0 Å². The molecule has 0 bridgehead atoms. The van der Waals surface area contributed by atoms with Gasteiger partial charge in [0.05, 0.1) is 24.4 Å². The highest BCUT2D eigenvalue weighted by atomic mass is 16.5. The fraction of sp³-hybridized carbons (Fsp3) is 0.467. The van der Waals surface area contributed by atoms with E-state index in [4.69, 9.17) is 4.74 Å². The molecule has 0 unspecified atom stereocenters. The molecule has 7 nitrogen and oxygen atoms in total. The van der Waals surface area contributed by atoms with Crippen LogP contribution in [0.4, 0.5) is 0 Å². The van der Waals surface area contributed by atoms with E-state index in [1.54, 1.807) is 22.0 Å². The summed E-state index contributed by atoms with van der Waals surface area (Å²) in [6, 6.07) is 1.84. The zero-order valence-corrected chi connectivity index (χ0v) is 13.0. The molecule has 1 saturated heterocycles. The van der Waals surface area contributed by atoms with Crippen molar-refractivity contribution in [1.82, 2.24) is 24.6 Å². The van der Waals surface area contributed by atoms with Gasteiger partial charge in [0.1, 0.15) is 6.10 Å². The number of hydrogen-bond acceptors (Lipinski definition) is 5. The molecule has 0 radical (unpaired) electrons. The number of nitrogens with zero attached hydrogens (tertiary/aromatic N) is 5. The first kappa shape index (κ1) is 14.6. The number of rotatable bonds is 2. The van der Waals surface area contributed by atoms with Crippen molar-refractivity contribution in [3.63, 3.8) is 0 Å². The van der Waals surface area contributed by atoms with Gasteiger partial charge in [-0.2, -0.15) is 5.10 Å². The largest absolute Gasteiger partial charge is 0.367 e. The molecule has 0 N–H and O–H groups in total. The zero-order valence-electron chi connectivity index (χ0n) is 13.0. The fourth-order valence-electron chi connectivity index (χ4n) is 2.59. The number of morpholine rings is 1. The Labute approximate surface area is 128 Å². The van der Waals surface area contributed by atoms with Gasteiger partial charge < -0.3 is 9.64 Å². The van der Waals surface area contributed by atoms with Crippen molar-refractivity contribution >= 4 is 5.91 Å². The van der Waals surface area contributed by atoms with Gasteiger partial charge in [-0.3, -0.25) is 9.48 Å². The summed E-state index contributed by atoms with van der Waals surface area (Å²) in [4.78, 5) is 23.1. The number of aromatic nitrogens is 4. The SMILES string of the molecule is Cc1ccnc([C@@H]2CN(C(=O)c3cn(C)nc3C)CCO2)n1. The highest BCUT2D eigenvalue weighted by Crippen LogP contribution is 2.21. The highest BCUT2D eigenvalue weighted by Gasteiger charge is 2.29. The van der Waals surface area contributed by atoms with E-state index >= 15 is 0 Å². The molecule has 0 spiro atoms. The second-order valence-electron chi connectivity index (χ2n) is 5.47. The summed E-state index contributed by atoms with van der Waals surface area (Å²) in [6.07, 6.45) is 3.19. The van der Waals surface area contributed by atoms with E-state index < -0.39 is 0 Å². The van der Waals surface area contributed by atoms with Gasteiger partial charge >= 0.3 is 0 Å². The number of carbonyl (C=O) groups is 1. The smallest absolute Gasteiger partial charge is 0.257 e. The molecule has 1 aliphatic heterocycles. The lowest BCUT2D eigenvalue weighted by Crippen LogP contribution is -2.42. The van der Waals surface area contributed by atoms with Gasteiger partial charge in [0.25, 0.3) is 5.91 Å². The average molecular weight is 301 g/mol. The number of amides is 1. The van der Waals surface area contributed by atoms with E-state index in [2.05, 4.69) is 15.1 Å². The first-order chi connectivity index (χ1) is 10.5. The summed E-state index contributed by atoms with van der Waals surface area (Å²) in [6.45, 7) is 5.25. The maximum absolute atomic E-state index is 12.7. The maximum atomic E-state index is 12.7. The minimum absolute atomic E-state index is 0.0217. The lowest BCUT2D eigenvalue weighted by Gasteiger charge is -2.32. The van der Waals surface area contributed by atoms with E-state index in [1.807, 2.05) is 27.0 Å². The summed E-state index contributed by atoms with van der Waals surface area (Å²) in [5, 5.41) is 4.23. The summed E-state index contributed by atoms with van der Waals surface area (Å²) in [7, 11) is 1.81. The van der Waals surface area contributed by atoms with Crippen molar-refractivity contribution in [2.75, 3.05) is 19.7 Å². The van der Waals surface area contributed by atoms with E-state index in [9.17, 15) is 4.79 Å². The molecular formula is C15H19N5O2. The van der Waals surface area contributed by atoms with Crippen molar-refractivity contribution in [1.29, 1.82) is 0 Å². The molecule has 7 heteroatoms. The van der Waals surface area contributed by atoms with Crippen LogP contribution in [-0.2, 0) is 11.8 Å². The summed E-state index contributed by atoms with van der Waals surface area (Å²) >= 11 is 0. The second kappa shape index (κ2) is 5.84. The molecular weight excluding hydrogens is 282 g/mol. The van der Waals surface area contributed by atoms with Crippen LogP contribution in [-0.4, -0.2) is 50.3 Å². The first-order valence-electron chi connectivity index (χ1n) is 7.25. The third-order valence-electron chi connectivity index (χ3n) is 3.70. The fourth-order valence-corrected chi connectivity index (χ4v) is 2.59. The third-order valence-corrected chi connectivity index (χ3v) is 3.70. The van der Waals surface area contributed by atoms with Crippen LogP contribution in [0.3, 0.4) is 0 Å². The lowest BCUT2D eigenvalue weighted by atomic mass is 10.2. The Kier molecular flexibility index (Phi) is 3.89. The molecule has 116 valence electrons. The monoisotopic (exact) mass is 301 g/mol. The molecule has 22 heavy (non-hydrogen) atoms. The minimum Gasteiger partial charge on any atom is -0.367 e. The van der Waals surface area contributed by atoms with Crippen molar-refractivity contribution < 1.29 is 9.53 Å². The molecule has 0 aliphatic carbocycles. The molecule has 3 heterocycles. The van der Waals surface area contributed by atoms with E-state index in [0.717, 1.165) is 11.4 Å². The quantitative estimate of drug-likeness (QED) is 0.828. The molecule has 2 aromatic heterocycles. The van der Waals surface area contributed by atoms with Gasteiger partial charge in [-0.1, -0.05) is 0 Å². The van der Waals surface area contributed by atoms with Crippen molar-refractivity contribution in [3.8, 4) is 0 Å². The normalized spacial score (nSPS) is 18.5. The van der Waals surface area contributed by atoms with Gasteiger partial charge in [-0.25, -0.2) is 9.97 Å². The van der Waals surface area contributed by atoms with Crippen LogP contribution in [0.25, 0.3) is 0 Å². The molecule has 2 aromatic rings. The predicted molar refractivity (Wildman–Crippen MR) is 79.3 cm³/mol. The minimum atomic E-state index is -0.283. The average Bonchev–Trinajstić information content (AvgIpc) is 2.85. The first-order valence-corrected chi connectivity index (χ1v) is 7.25. The number of hydrogen-bond donors (Lipinski definition) is 0. The molecule has 1 atom stereocenters. The van der Waals surface area contributed by atoms with Crippen LogP contribution in [0.15, 0.2) is 18.5 Å². The van der Waals surface area contributed by atoms with Crippen molar-refractivity contribution in [2.45, 2.75) is 20.0 Å². The molecule has 1 amide bonds. The Bertz CT molecular complexity index is 697. The molecule has 1 fully saturated rings. The number of aryl methyl sites for hydroxylation is 3. The zero-order chi connectivity index (χ0) is 15.7. The molecule has 0 aromatic carbocycles. The van der Waals surface area contributed by atoms with Crippen LogP contribution >= 0.6 is 0 Å². The number of carbonyl (C=O) groups excluding carboxylic acids is 1. The highest BCUT2D eigenvalue weighted by molar-refractivity contribution is 5.95. The summed E-state index contributed by atoms with van der Waals surface area (Å²) < 4.78 is 7.39. The predicted octanol–water partition coefficient (Wildman–Crippen LogP) is 1.04. The molecule has 3 rings (SSSR count). The van der Waals surface area contributed by atoms with Gasteiger partial charge in [0.2, 0.25) is 0 Å². The molecule has 1 aliphatic rings. The van der Waals surface area contributed by atoms with Gasteiger partial charge in [0, 0.05) is 31.7 Å². The van der Waals surface area contributed by atoms with Crippen LogP contribution in [0.1, 0.15) is 33.7 Å². The van der Waals surface area contributed by atoms with Gasteiger partial charge in [-0.15, -0.1) is 0 Å². The maximum Gasteiger partial charge on any atom is 0.257 e. The van der Waals surface area contributed by atoms with Gasteiger partial charge in [-0.05, 0) is 19.9 Å². The standard InChI is InChI=1S/C15H19N5O2/c1-10-4-5-16-14(17-10)13-9-20(6-7-22-13)15(21)12-8-19(3)18-11(12)2/h4-5,8,13H,6-7,9H2,1-3H3/t13-/m0/s1. The van der Waals surface area contributed by atoms with Gasteiger partial charge in [0.15, 0.2) is 5.82 Å². The van der Waals surface area contributed by atoms with Crippen LogP contribution in [0, 0.1) is 13.8 Å². The Morgan fingerprint density at radius 2 is 2.23 bits per heavy atom. The van der Waals surface area contributed by atoms with Crippen molar-refractivity contribution in [3.05, 3.63) is 41.2 Å². The summed E-state index contributed by atoms with van der Waals surface area (Å²) in [5.41, 5.74) is 2.26. The van der Waals surface area contributed by atoms with E-state index in [-0.39, 0.29) is 12.0 Å². The van der Waals surface area contributed by atoms with Crippen LogP contribution < -0.4 is 0 Å². The van der Waals surface area contributed by atoms with E-state index in [0.29, 0.717) is 31.1 Å². The Morgan fingerprint density at radius 3 is 2.91 bits per heavy atom. The van der Waals surface area contributed by atoms with E-state index in [1.165, 1.54) is 0 Å². The van der Waals surface area contributed by atoms with Crippen molar-refractivity contribution in [2.24, 2.45) is 7.05 Å². The Balaban J connectivity index is 1.78. The molecule has 0 saturated carbocycles. The Morgan fingerprint density at radius 1 is 1.41 bits per heavy atom. The second-order valence-corrected chi connectivity index (χ2v) is 5.47. The third kappa shape index (κ3) is 2.85. The van der Waals surface area contributed by atoms with Crippen LogP contribution in [0.5, 0.6) is 0 Å². The number of ether oxygens (including phenoxy) is 1. The lowest BCUT2D eigenvalue weighted by molar-refractivity contribution is -0.0269. The summed E-state index contributed by atoms with van der Waals surface area (Å²) in [5.74, 6) is 0.604. The topological polar surface area (TPSA) is 73.1 Å².